The number of aliphatic hydroxyl groups excluding tert-OH is 1. The number of hydrogen-bond acceptors (Lipinski definition) is 8. The number of nitrogens with one attached hydrogen (secondary N) is 4. The molecule has 0 saturated carbocycles. The Balaban J connectivity index is 2.25. The number of aromatic amines is 1. The van der Waals surface area contributed by atoms with E-state index < -0.39 is 59.9 Å². The van der Waals surface area contributed by atoms with E-state index >= 15 is 0 Å². The molecule has 1 aromatic heterocycles. The minimum Gasteiger partial charge on any atom is -0.480 e. The number of aromatic nitrogens is 2. The lowest BCUT2D eigenvalue weighted by molar-refractivity contribution is -0.142. The monoisotopic (exact) mass is 531 g/mol. The number of primary amides is 1. The Hall–Kier alpha value is -4.30. The Labute approximate surface area is 218 Å². The second-order valence-electron chi connectivity index (χ2n) is 8.76. The summed E-state index contributed by atoms with van der Waals surface area (Å²) in [5.41, 5.74) is 12.0. The van der Waals surface area contributed by atoms with Crippen molar-refractivity contribution in [2.45, 2.75) is 62.9 Å². The number of hydrogen-bond donors (Lipinski definition) is 8. The van der Waals surface area contributed by atoms with E-state index in [1.54, 1.807) is 30.3 Å². The second kappa shape index (κ2) is 14.4. The standard InChI is InChI=1S/C24H33N7O7/c1-13(32)20(26)23(36)29-16(7-8-19(25)33)21(34)30-17(9-14-5-3-2-4-6-14)22(35)31-18(24(37)38)10-15-11-27-12-28-15/h2-6,11-13,16-18,20,32H,7-10,26H2,1H3,(H2,25,33)(H,27,28)(H,29,36)(H,30,34)(H,31,35)(H,37,38). The molecule has 14 nitrogen and oxygen atoms in total. The number of benzene rings is 1. The molecule has 1 aromatic carbocycles. The van der Waals surface area contributed by atoms with Gasteiger partial charge in [-0.25, -0.2) is 9.78 Å². The number of carboxylic acid groups (broad SMARTS) is 1. The zero-order valence-corrected chi connectivity index (χ0v) is 20.8. The summed E-state index contributed by atoms with van der Waals surface area (Å²) in [7, 11) is 0. The van der Waals surface area contributed by atoms with Crippen molar-refractivity contribution in [2.75, 3.05) is 0 Å². The van der Waals surface area contributed by atoms with Crippen LogP contribution in [0.4, 0.5) is 0 Å². The molecule has 2 rings (SSSR count). The molecule has 5 atom stereocenters. The Morgan fingerprint density at radius 2 is 1.55 bits per heavy atom. The van der Waals surface area contributed by atoms with Crippen molar-refractivity contribution in [3.8, 4) is 0 Å². The van der Waals surface area contributed by atoms with Crippen molar-refractivity contribution < 1.29 is 34.2 Å². The molecule has 0 aliphatic carbocycles. The van der Waals surface area contributed by atoms with Gasteiger partial charge in [0.2, 0.25) is 23.6 Å². The maximum atomic E-state index is 13.2. The Kier molecular flexibility index (Phi) is 11.4. The van der Waals surface area contributed by atoms with Crippen molar-refractivity contribution in [1.29, 1.82) is 0 Å². The lowest BCUT2D eigenvalue weighted by atomic mass is 10.0. The maximum absolute atomic E-state index is 13.2. The minimum atomic E-state index is -1.35. The smallest absolute Gasteiger partial charge is 0.326 e. The van der Waals surface area contributed by atoms with E-state index in [4.69, 9.17) is 11.5 Å². The number of nitrogens with zero attached hydrogens (tertiary/aromatic N) is 1. The molecule has 0 bridgehead atoms. The molecule has 38 heavy (non-hydrogen) atoms. The van der Waals surface area contributed by atoms with E-state index in [-0.39, 0.29) is 25.7 Å². The molecule has 0 saturated heterocycles. The van der Waals surface area contributed by atoms with Crippen LogP contribution in [0.25, 0.3) is 0 Å². The predicted octanol–water partition coefficient (Wildman–Crippen LogP) is -2.29. The number of carbonyl (C=O) groups is 5. The minimum absolute atomic E-state index is 0.00150. The third-order valence-corrected chi connectivity index (χ3v) is 5.64. The fourth-order valence-electron chi connectivity index (χ4n) is 3.46. The number of carboxylic acids is 1. The summed E-state index contributed by atoms with van der Waals surface area (Å²) in [6, 6.07) is 3.45. The van der Waals surface area contributed by atoms with Gasteiger partial charge in [0.25, 0.3) is 0 Å². The van der Waals surface area contributed by atoms with Gasteiger partial charge >= 0.3 is 5.97 Å². The van der Waals surface area contributed by atoms with Gasteiger partial charge in [-0.2, -0.15) is 0 Å². The summed E-state index contributed by atoms with van der Waals surface area (Å²) >= 11 is 0. The molecular formula is C24H33N7O7. The van der Waals surface area contributed by atoms with Gasteiger partial charge in [-0.1, -0.05) is 30.3 Å². The molecule has 14 heteroatoms. The lowest BCUT2D eigenvalue weighted by Crippen LogP contribution is -2.58. The van der Waals surface area contributed by atoms with Gasteiger partial charge < -0.3 is 42.6 Å². The van der Waals surface area contributed by atoms with Crippen LogP contribution in [-0.2, 0) is 36.8 Å². The molecule has 206 valence electrons. The summed E-state index contributed by atoms with van der Waals surface area (Å²) in [5, 5.41) is 26.5. The number of imidazole rings is 1. The van der Waals surface area contributed by atoms with Crippen LogP contribution < -0.4 is 27.4 Å². The van der Waals surface area contributed by atoms with Crippen LogP contribution >= 0.6 is 0 Å². The van der Waals surface area contributed by atoms with E-state index in [0.29, 0.717) is 11.3 Å². The highest BCUT2D eigenvalue weighted by Gasteiger charge is 2.31. The summed E-state index contributed by atoms with van der Waals surface area (Å²) in [5.74, 6) is -4.47. The normalized spacial score (nSPS) is 14.8. The fraction of sp³-hybridized carbons (Fsp3) is 0.417. The number of aliphatic hydroxyl groups is 1. The van der Waals surface area contributed by atoms with E-state index in [2.05, 4.69) is 25.9 Å². The van der Waals surface area contributed by atoms with Gasteiger partial charge in [0.1, 0.15) is 24.2 Å². The van der Waals surface area contributed by atoms with Crippen LogP contribution in [0.5, 0.6) is 0 Å². The first-order valence-electron chi connectivity index (χ1n) is 11.8. The quantitative estimate of drug-likeness (QED) is 0.123. The molecule has 0 aliphatic heterocycles. The lowest BCUT2D eigenvalue weighted by Gasteiger charge is -2.25. The zero-order chi connectivity index (χ0) is 28.2. The van der Waals surface area contributed by atoms with E-state index in [0.717, 1.165) is 0 Å². The zero-order valence-electron chi connectivity index (χ0n) is 20.8. The van der Waals surface area contributed by atoms with Crippen LogP contribution in [0, 0.1) is 0 Å². The molecule has 4 amide bonds. The van der Waals surface area contributed by atoms with Crippen LogP contribution in [0.2, 0.25) is 0 Å². The number of aliphatic carboxylic acids is 1. The number of rotatable bonds is 15. The van der Waals surface area contributed by atoms with Crippen LogP contribution in [0.15, 0.2) is 42.9 Å². The third kappa shape index (κ3) is 9.63. The molecule has 0 fully saturated rings. The highest BCUT2D eigenvalue weighted by molar-refractivity contribution is 5.94. The van der Waals surface area contributed by atoms with Gasteiger partial charge in [0, 0.05) is 31.2 Å². The van der Waals surface area contributed by atoms with Gasteiger partial charge in [0.15, 0.2) is 0 Å². The van der Waals surface area contributed by atoms with Gasteiger partial charge in [-0.3, -0.25) is 19.2 Å². The van der Waals surface area contributed by atoms with Crippen molar-refractivity contribution >= 4 is 29.6 Å². The fourth-order valence-corrected chi connectivity index (χ4v) is 3.46. The number of H-pyrrole nitrogens is 1. The second-order valence-corrected chi connectivity index (χ2v) is 8.76. The first-order valence-corrected chi connectivity index (χ1v) is 11.8. The Bertz CT molecular complexity index is 1090. The average molecular weight is 532 g/mol. The Morgan fingerprint density at radius 3 is 2.11 bits per heavy atom. The van der Waals surface area contributed by atoms with Crippen molar-refractivity contribution in [3.63, 3.8) is 0 Å². The predicted molar refractivity (Wildman–Crippen MR) is 134 cm³/mol. The van der Waals surface area contributed by atoms with Gasteiger partial charge in [-0.05, 0) is 18.9 Å². The summed E-state index contributed by atoms with van der Waals surface area (Å²) in [6.45, 7) is 1.30. The van der Waals surface area contributed by atoms with Crippen LogP contribution in [0.3, 0.4) is 0 Å². The van der Waals surface area contributed by atoms with Crippen molar-refractivity contribution in [2.24, 2.45) is 11.5 Å². The molecule has 2 aromatic rings. The summed E-state index contributed by atoms with van der Waals surface area (Å²) < 4.78 is 0. The van der Waals surface area contributed by atoms with Crippen molar-refractivity contribution in [3.05, 3.63) is 54.1 Å². The molecule has 0 aliphatic rings. The maximum Gasteiger partial charge on any atom is 0.326 e. The third-order valence-electron chi connectivity index (χ3n) is 5.64. The SMILES string of the molecule is CC(O)C(N)C(=O)NC(CCC(N)=O)C(=O)NC(Cc1ccccc1)C(=O)NC(Cc1cnc[nH]1)C(=O)O. The van der Waals surface area contributed by atoms with Crippen LogP contribution in [-0.4, -0.2) is 80.1 Å². The highest BCUT2D eigenvalue weighted by atomic mass is 16.4. The molecular weight excluding hydrogens is 498 g/mol. The van der Waals surface area contributed by atoms with E-state index in [1.807, 2.05) is 0 Å². The molecule has 0 radical (unpaired) electrons. The molecule has 0 spiro atoms. The number of carbonyl (C=O) groups excluding carboxylic acids is 4. The Morgan fingerprint density at radius 1 is 0.947 bits per heavy atom. The van der Waals surface area contributed by atoms with Gasteiger partial charge in [-0.15, -0.1) is 0 Å². The largest absolute Gasteiger partial charge is 0.480 e. The van der Waals surface area contributed by atoms with E-state index in [1.165, 1.54) is 19.4 Å². The van der Waals surface area contributed by atoms with Crippen molar-refractivity contribution in [1.82, 2.24) is 25.9 Å². The first kappa shape index (κ1) is 29.9. The van der Waals surface area contributed by atoms with E-state index in [9.17, 15) is 34.2 Å². The number of nitrogens with two attached hydrogens (primary N) is 2. The van der Waals surface area contributed by atoms with Crippen LogP contribution in [0.1, 0.15) is 31.0 Å². The molecule has 5 unspecified atom stereocenters. The highest BCUT2D eigenvalue weighted by Crippen LogP contribution is 2.07. The topological polar surface area (TPSA) is 243 Å². The molecule has 1 heterocycles. The average Bonchev–Trinajstić information content (AvgIpc) is 3.38. The number of amides is 4. The van der Waals surface area contributed by atoms with Gasteiger partial charge in [0.05, 0.1) is 12.4 Å². The summed E-state index contributed by atoms with van der Waals surface area (Å²) in [6.07, 6.45) is 1.04. The first-order chi connectivity index (χ1) is 18.0. The molecule has 10 N–H and O–H groups in total. The summed E-state index contributed by atoms with van der Waals surface area (Å²) in [4.78, 5) is 68.5.